The minimum absolute atomic E-state index is 0.238. The number of nitrogens with zero attached hydrogens (tertiary/aromatic N) is 1. The molecule has 0 aromatic heterocycles. The molecular weight excluding hydrogens is 338 g/mol. The highest BCUT2D eigenvalue weighted by molar-refractivity contribution is 7.80. The van der Waals surface area contributed by atoms with Gasteiger partial charge in [0.1, 0.15) is 19.1 Å². The number of nitrogens with one attached hydrogen (secondary N) is 2. The van der Waals surface area contributed by atoms with Crippen LogP contribution in [0.5, 0.6) is 0 Å². The third-order valence-corrected chi connectivity index (χ3v) is 5.32. The van der Waals surface area contributed by atoms with Gasteiger partial charge >= 0.3 is 5.97 Å². The highest BCUT2D eigenvalue weighted by Gasteiger charge is 2.33. The number of carbonyl (C=O) groups excluding carboxylic acids is 1. The van der Waals surface area contributed by atoms with E-state index in [0.29, 0.717) is 18.1 Å². The van der Waals surface area contributed by atoms with Crippen LogP contribution in [0.15, 0.2) is 24.3 Å². The number of methoxy groups -OCH3 is 1. The fourth-order valence-electron chi connectivity index (χ4n) is 3.44. The molecule has 25 heavy (non-hydrogen) atoms. The van der Waals surface area contributed by atoms with Crippen LogP contribution in [0.2, 0.25) is 0 Å². The third kappa shape index (κ3) is 4.48. The number of carbonyl (C=O) groups is 1. The van der Waals surface area contributed by atoms with Crippen molar-refractivity contribution in [3.05, 3.63) is 35.4 Å². The monoisotopic (exact) mass is 364 g/mol. The zero-order valence-electron chi connectivity index (χ0n) is 14.6. The lowest BCUT2D eigenvalue weighted by Gasteiger charge is -2.37. The van der Waals surface area contributed by atoms with E-state index in [2.05, 4.69) is 17.4 Å². The Hall–Kier alpha value is -1.70. The molecule has 1 saturated heterocycles. The van der Waals surface area contributed by atoms with Crippen molar-refractivity contribution in [3.8, 4) is 0 Å². The van der Waals surface area contributed by atoms with Gasteiger partial charge in [-0.1, -0.05) is 24.3 Å². The molecule has 0 spiro atoms. The van der Waals surface area contributed by atoms with Gasteiger partial charge in [0.2, 0.25) is 0 Å². The Morgan fingerprint density at radius 3 is 2.80 bits per heavy atom. The minimum atomic E-state index is -0.365. The van der Waals surface area contributed by atoms with Crippen LogP contribution in [0.1, 0.15) is 11.1 Å². The maximum Gasteiger partial charge on any atom is 0.328 e. The van der Waals surface area contributed by atoms with E-state index in [4.69, 9.17) is 21.7 Å². The number of hydrogen-bond acceptors (Lipinski definition) is 4. The molecule has 1 fully saturated rings. The number of ether oxygens (including phenoxy) is 2. The average molecular weight is 364 g/mol. The van der Waals surface area contributed by atoms with Crippen LogP contribution in [0, 0.1) is 0 Å². The molecule has 0 aliphatic carbocycles. The first-order valence-electron chi connectivity index (χ1n) is 8.79. The molecule has 1 aromatic carbocycles. The maximum atomic E-state index is 12.2. The summed E-state index contributed by atoms with van der Waals surface area (Å²) >= 11 is 5.59. The van der Waals surface area contributed by atoms with Crippen LogP contribution in [0.3, 0.4) is 0 Å². The molecule has 0 amide bonds. The highest BCUT2D eigenvalue weighted by atomic mass is 32.1. The lowest BCUT2D eigenvalue weighted by atomic mass is 9.94. The summed E-state index contributed by atoms with van der Waals surface area (Å²) in [5, 5.41) is 3.95. The van der Waals surface area contributed by atoms with Crippen molar-refractivity contribution in [2.75, 3.05) is 46.5 Å². The zero-order chi connectivity index (χ0) is 17.6. The summed E-state index contributed by atoms with van der Waals surface area (Å²) in [5.74, 6) is -0.238. The fraction of sp³-hybridized carbons (Fsp3) is 0.556. The van der Waals surface area contributed by atoms with E-state index in [1.165, 1.54) is 23.1 Å². The van der Waals surface area contributed by atoms with Crippen LogP contribution in [0.4, 0.5) is 0 Å². The summed E-state index contributed by atoms with van der Waals surface area (Å²) in [6.45, 7) is 6.15. The molecule has 0 radical (unpaired) electrons. The minimum Gasteiger partial charge on any atom is -0.467 e. The van der Waals surface area contributed by atoms with E-state index in [0.717, 1.165) is 39.4 Å². The van der Waals surface area contributed by atoms with Gasteiger partial charge in [-0.3, -0.25) is 0 Å². The van der Waals surface area contributed by atoms with E-state index in [1.807, 2.05) is 17.0 Å². The summed E-state index contributed by atoms with van der Waals surface area (Å²) in [6, 6.07) is 7.82. The lowest BCUT2D eigenvalue weighted by Crippen LogP contribution is -3.14. The zero-order valence-corrected chi connectivity index (χ0v) is 15.4. The molecule has 6 nitrogen and oxygen atoms in total. The Labute approximate surface area is 154 Å². The Kier molecular flexibility index (Phi) is 6.23. The SMILES string of the molecule is COC(=O)[C@H]1Cc2ccccc2CN1C(=S)NCC[NH+]1CCOCC1. The fourth-order valence-corrected chi connectivity index (χ4v) is 3.73. The topological polar surface area (TPSA) is 55.2 Å². The van der Waals surface area contributed by atoms with Crippen molar-refractivity contribution in [1.82, 2.24) is 10.2 Å². The number of morpholine rings is 1. The Bertz CT molecular complexity index is 619. The summed E-state index contributed by atoms with van der Waals surface area (Å²) in [4.78, 5) is 15.7. The summed E-state index contributed by atoms with van der Waals surface area (Å²) in [5.41, 5.74) is 2.40. The Morgan fingerprint density at radius 1 is 1.36 bits per heavy atom. The molecule has 7 heteroatoms. The van der Waals surface area contributed by atoms with Gasteiger partial charge in [0.15, 0.2) is 5.11 Å². The van der Waals surface area contributed by atoms with E-state index in [-0.39, 0.29) is 12.0 Å². The number of hydrogen-bond donors (Lipinski definition) is 2. The Morgan fingerprint density at radius 2 is 2.08 bits per heavy atom. The van der Waals surface area contributed by atoms with E-state index in [9.17, 15) is 4.79 Å². The highest BCUT2D eigenvalue weighted by Crippen LogP contribution is 2.24. The predicted octanol–water partition coefficient (Wildman–Crippen LogP) is -0.624. The molecular formula is C18H26N3O3S+. The average Bonchev–Trinajstić information content (AvgIpc) is 2.67. The van der Waals surface area contributed by atoms with Gasteiger partial charge in [-0.15, -0.1) is 0 Å². The van der Waals surface area contributed by atoms with Gasteiger partial charge in [0.25, 0.3) is 0 Å². The van der Waals surface area contributed by atoms with Crippen LogP contribution in [-0.4, -0.2) is 68.5 Å². The number of rotatable bonds is 4. The second-order valence-electron chi connectivity index (χ2n) is 6.48. The summed E-state index contributed by atoms with van der Waals surface area (Å²) in [6.07, 6.45) is 0.624. The molecule has 2 aliphatic heterocycles. The van der Waals surface area contributed by atoms with Crippen LogP contribution < -0.4 is 10.2 Å². The van der Waals surface area contributed by atoms with Gasteiger partial charge in [-0.05, 0) is 23.3 Å². The quantitative estimate of drug-likeness (QED) is 0.549. The van der Waals surface area contributed by atoms with Crippen molar-refractivity contribution in [1.29, 1.82) is 0 Å². The van der Waals surface area contributed by atoms with Gasteiger partial charge < -0.3 is 24.6 Å². The van der Waals surface area contributed by atoms with Crippen LogP contribution in [-0.2, 0) is 27.2 Å². The standard InChI is InChI=1S/C18H25N3O3S/c1-23-17(22)16-12-14-4-2-3-5-15(14)13-21(16)18(25)19-6-7-20-8-10-24-11-9-20/h2-5,16H,6-13H2,1H3,(H,19,25)/p+1/t16-/m1/s1. The molecule has 1 atom stereocenters. The van der Waals surface area contributed by atoms with Crippen molar-refractivity contribution < 1.29 is 19.2 Å². The second kappa shape index (κ2) is 8.60. The summed E-state index contributed by atoms with van der Waals surface area (Å²) in [7, 11) is 1.43. The van der Waals surface area contributed by atoms with E-state index in [1.54, 1.807) is 0 Å². The van der Waals surface area contributed by atoms with Gasteiger partial charge in [-0.25, -0.2) is 4.79 Å². The van der Waals surface area contributed by atoms with Gasteiger partial charge in [0, 0.05) is 13.0 Å². The molecule has 0 unspecified atom stereocenters. The van der Waals surface area contributed by atoms with Crippen molar-refractivity contribution in [2.45, 2.75) is 19.0 Å². The molecule has 136 valence electrons. The first-order chi connectivity index (χ1) is 12.2. The van der Waals surface area contributed by atoms with Crippen molar-refractivity contribution >= 4 is 23.3 Å². The number of esters is 1. The van der Waals surface area contributed by atoms with E-state index >= 15 is 0 Å². The molecule has 2 N–H and O–H groups in total. The molecule has 3 rings (SSSR count). The smallest absolute Gasteiger partial charge is 0.328 e. The number of fused-ring (bicyclic) bond motifs is 1. The first-order valence-corrected chi connectivity index (χ1v) is 9.20. The van der Waals surface area contributed by atoms with E-state index < -0.39 is 0 Å². The van der Waals surface area contributed by atoms with Gasteiger partial charge in [-0.2, -0.15) is 0 Å². The molecule has 0 saturated carbocycles. The normalized spacial score (nSPS) is 20.7. The number of benzene rings is 1. The van der Waals surface area contributed by atoms with Crippen molar-refractivity contribution in [2.24, 2.45) is 0 Å². The second-order valence-corrected chi connectivity index (χ2v) is 6.87. The third-order valence-electron chi connectivity index (χ3n) is 4.94. The molecule has 2 heterocycles. The first kappa shape index (κ1) is 18.1. The lowest BCUT2D eigenvalue weighted by molar-refractivity contribution is -0.906. The predicted molar refractivity (Wildman–Crippen MR) is 98.5 cm³/mol. The summed E-state index contributed by atoms with van der Waals surface area (Å²) < 4.78 is 10.4. The van der Waals surface area contributed by atoms with Crippen LogP contribution in [0.25, 0.3) is 0 Å². The molecule has 0 bridgehead atoms. The molecule has 1 aromatic rings. The van der Waals surface area contributed by atoms with Crippen LogP contribution >= 0.6 is 12.2 Å². The maximum absolute atomic E-state index is 12.2. The van der Waals surface area contributed by atoms with Crippen molar-refractivity contribution in [3.63, 3.8) is 0 Å². The molecule has 2 aliphatic rings. The Balaban J connectivity index is 1.61. The largest absolute Gasteiger partial charge is 0.467 e. The number of quaternary nitrogens is 1. The van der Waals surface area contributed by atoms with Gasteiger partial charge in [0.05, 0.1) is 33.4 Å². The number of thiocarbonyl (C=S) groups is 1.